The number of thiol groups is 1. The van der Waals surface area contributed by atoms with Crippen LogP contribution in [0.1, 0.15) is 5.69 Å². The maximum Gasteiger partial charge on any atom is 0.182 e. The Hall–Kier alpha value is -1.21. The zero-order valence-electron chi connectivity index (χ0n) is 5.90. The predicted molar refractivity (Wildman–Crippen MR) is 42.8 cm³/mol. The molecule has 0 N–H and O–H groups in total. The summed E-state index contributed by atoms with van der Waals surface area (Å²) in [7, 11) is 1.49. The van der Waals surface area contributed by atoms with E-state index in [9.17, 15) is 0 Å². The quantitative estimate of drug-likeness (QED) is 0.639. The summed E-state index contributed by atoms with van der Waals surface area (Å²) in [6.45, 7) is 0. The molecule has 0 aliphatic rings. The van der Waals surface area contributed by atoms with Gasteiger partial charge in [0.25, 0.3) is 0 Å². The third kappa shape index (κ3) is 1.63. The Kier molecular flexibility index (Phi) is 2.34. The lowest BCUT2D eigenvalue weighted by molar-refractivity contribution is 0.410. The Morgan fingerprint density at radius 1 is 1.73 bits per heavy atom. The fourth-order valence-corrected chi connectivity index (χ4v) is 0.849. The predicted octanol–water partition coefficient (Wildman–Crippen LogP) is 1.25. The van der Waals surface area contributed by atoms with Crippen LogP contribution in [-0.4, -0.2) is 12.1 Å². The highest BCUT2D eigenvalue weighted by Crippen LogP contribution is 2.17. The average Bonchev–Trinajstić information content (AvgIpc) is 2.04. The van der Waals surface area contributed by atoms with Crippen molar-refractivity contribution in [3.63, 3.8) is 0 Å². The molecule has 1 aromatic heterocycles. The first kappa shape index (κ1) is 7.89. The molecule has 4 heteroatoms. The van der Waals surface area contributed by atoms with E-state index in [-0.39, 0.29) is 5.69 Å². The van der Waals surface area contributed by atoms with Gasteiger partial charge in [0, 0.05) is 11.1 Å². The largest absolute Gasteiger partial charge is 0.494 e. The number of nitriles is 1. The van der Waals surface area contributed by atoms with Gasteiger partial charge in [-0.05, 0) is 6.07 Å². The van der Waals surface area contributed by atoms with Gasteiger partial charge in [-0.15, -0.1) is 12.6 Å². The average molecular weight is 166 g/mol. The minimum absolute atomic E-state index is 0.283. The molecule has 0 bridgehead atoms. The summed E-state index contributed by atoms with van der Waals surface area (Å²) in [4.78, 5) is 4.49. The van der Waals surface area contributed by atoms with Gasteiger partial charge < -0.3 is 4.74 Å². The molecule has 0 aliphatic carbocycles. The molecule has 0 unspecified atom stereocenters. The van der Waals surface area contributed by atoms with Crippen LogP contribution in [0.15, 0.2) is 17.2 Å². The molecule has 3 nitrogen and oxygen atoms in total. The molecule has 0 spiro atoms. The van der Waals surface area contributed by atoms with Crippen LogP contribution in [-0.2, 0) is 0 Å². The first-order valence-electron chi connectivity index (χ1n) is 2.91. The highest BCUT2D eigenvalue weighted by molar-refractivity contribution is 7.80. The number of ether oxygens (including phenoxy) is 1. The molecule has 0 fully saturated rings. The van der Waals surface area contributed by atoms with E-state index in [1.165, 1.54) is 13.3 Å². The molecule has 56 valence electrons. The second-order valence-electron chi connectivity index (χ2n) is 1.86. The van der Waals surface area contributed by atoms with Gasteiger partial charge in [-0.1, -0.05) is 0 Å². The van der Waals surface area contributed by atoms with Crippen LogP contribution >= 0.6 is 12.6 Å². The Bertz CT molecular complexity index is 306. The molecule has 0 aromatic carbocycles. The van der Waals surface area contributed by atoms with Gasteiger partial charge in [-0.2, -0.15) is 5.26 Å². The van der Waals surface area contributed by atoms with Crippen molar-refractivity contribution in [1.29, 1.82) is 5.26 Å². The highest BCUT2D eigenvalue weighted by Gasteiger charge is 2.02. The zero-order chi connectivity index (χ0) is 8.27. The van der Waals surface area contributed by atoms with Crippen LogP contribution in [0.2, 0.25) is 0 Å². The third-order valence-corrected chi connectivity index (χ3v) is 1.41. The second kappa shape index (κ2) is 3.26. The number of nitrogens with zero attached hydrogens (tertiary/aromatic N) is 2. The van der Waals surface area contributed by atoms with Crippen molar-refractivity contribution >= 4 is 12.6 Å². The molecule has 1 rings (SSSR count). The van der Waals surface area contributed by atoms with Gasteiger partial charge in [-0.3, -0.25) is 0 Å². The third-order valence-electron chi connectivity index (χ3n) is 1.16. The van der Waals surface area contributed by atoms with Crippen molar-refractivity contribution in [2.75, 3.05) is 7.11 Å². The van der Waals surface area contributed by atoms with E-state index in [4.69, 9.17) is 10.00 Å². The van der Waals surface area contributed by atoms with E-state index >= 15 is 0 Å². The van der Waals surface area contributed by atoms with Crippen LogP contribution in [0.25, 0.3) is 0 Å². The topological polar surface area (TPSA) is 45.9 Å². The number of pyridine rings is 1. The molecule has 0 atom stereocenters. The summed E-state index contributed by atoms with van der Waals surface area (Å²) < 4.78 is 4.88. The minimum Gasteiger partial charge on any atom is -0.494 e. The SMILES string of the molecule is COc1cc(S)cnc1C#N. The first-order valence-corrected chi connectivity index (χ1v) is 3.35. The minimum atomic E-state index is 0.283. The molecule has 1 heterocycles. The molecule has 0 saturated carbocycles. The molecule has 0 aliphatic heterocycles. The van der Waals surface area contributed by atoms with Crippen molar-refractivity contribution in [2.45, 2.75) is 4.90 Å². The van der Waals surface area contributed by atoms with Gasteiger partial charge in [0.05, 0.1) is 7.11 Å². The van der Waals surface area contributed by atoms with Crippen molar-refractivity contribution in [2.24, 2.45) is 0 Å². The molecule has 0 radical (unpaired) electrons. The van der Waals surface area contributed by atoms with E-state index < -0.39 is 0 Å². The fourth-order valence-electron chi connectivity index (χ4n) is 0.674. The Morgan fingerprint density at radius 2 is 2.45 bits per heavy atom. The lowest BCUT2D eigenvalue weighted by Gasteiger charge is -2.00. The number of rotatable bonds is 1. The van der Waals surface area contributed by atoms with Gasteiger partial charge in [-0.25, -0.2) is 4.98 Å². The van der Waals surface area contributed by atoms with Gasteiger partial charge in [0.2, 0.25) is 0 Å². The van der Waals surface area contributed by atoms with E-state index in [2.05, 4.69) is 17.6 Å². The van der Waals surface area contributed by atoms with Crippen LogP contribution < -0.4 is 4.74 Å². The van der Waals surface area contributed by atoms with Crippen molar-refractivity contribution in [3.05, 3.63) is 18.0 Å². The molecular weight excluding hydrogens is 160 g/mol. The Balaban J connectivity index is 3.19. The summed E-state index contributed by atoms with van der Waals surface area (Å²) >= 11 is 4.04. The second-order valence-corrected chi connectivity index (χ2v) is 2.37. The van der Waals surface area contributed by atoms with Crippen molar-refractivity contribution in [3.8, 4) is 11.8 Å². The lowest BCUT2D eigenvalue weighted by atomic mass is 10.3. The first-order chi connectivity index (χ1) is 5.27. The monoisotopic (exact) mass is 166 g/mol. The summed E-state index contributed by atoms with van der Waals surface area (Å²) in [6, 6.07) is 3.55. The van der Waals surface area contributed by atoms with Crippen molar-refractivity contribution in [1.82, 2.24) is 4.98 Å². The highest BCUT2D eigenvalue weighted by atomic mass is 32.1. The number of hydrogen-bond donors (Lipinski definition) is 1. The van der Waals surface area contributed by atoms with Crippen LogP contribution in [0.3, 0.4) is 0 Å². The standard InChI is InChI=1S/C7H6N2OS/c1-10-7-2-5(11)4-9-6(7)3-8/h2,4,11H,1H3. The maximum atomic E-state index is 8.52. The maximum absolute atomic E-state index is 8.52. The van der Waals surface area contributed by atoms with Crippen LogP contribution in [0.5, 0.6) is 5.75 Å². The fraction of sp³-hybridized carbons (Fsp3) is 0.143. The number of aromatic nitrogens is 1. The van der Waals surface area contributed by atoms with Gasteiger partial charge in [0.15, 0.2) is 11.4 Å². The van der Waals surface area contributed by atoms with E-state index in [1.54, 1.807) is 6.07 Å². The van der Waals surface area contributed by atoms with Crippen molar-refractivity contribution < 1.29 is 4.74 Å². The molecule has 11 heavy (non-hydrogen) atoms. The number of hydrogen-bond acceptors (Lipinski definition) is 4. The van der Waals surface area contributed by atoms with Crippen LogP contribution in [0.4, 0.5) is 0 Å². The summed E-state index contributed by atoms with van der Waals surface area (Å²) in [5.41, 5.74) is 0.283. The summed E-state index contributed by atoms with van der Waals surface area (Å²) in [5.74, 6) is 0.458. The molecule has 1 aromatic rings. The summed E-state index contributed by atoms with van der Waals surface area (Å²) in [5, 5.41) is 8.52. The van der Waals surface area contributed by atoms with Crippen LogP contribution in [0, 0.1) is 11.3 Å². The lowest BCUT2D eigenvalue weighted by Crippen LogP contribution is -1.90. The summed E-state index contributed by atoms with van der Waals surface area (Å²) in [6.07, 6.45) is 1.50. The van der Waals surface area contributed by atoms with Gasteiger partial charge in [0.1, 0.15) is 6.07 Å². The normalized spacial score (nSPS) is 8.82. The van der Waals surface area contributed by atoms with E-state index in [0.29, 0.717) is 10.6 Å². The Labute approximate surface area is 70.0 Å². The van der Waals surface area contributed by atoms with Gasteiger partial charge >= 0.3 is 0 Å². The molecule has 0 amide bonds. The Morgan fingerprint density at radius 3 is 3.00 bits per heavy atom. The zero-order valence-corrected chi connectivity index (χ0v) is 6.80. The number of methoxy groups -OCH3 is 1. The molecule has 0 saturated heterocycles. The van der Waals surface area contributed by atoms with E-state index in [0.717, 1.165) is 0 Å². The van der Waals surface area contributed by atoms with E-state index in [1.807, 2.05) is 6.07 Å². The molecular formula is C7H6N2OS. The smallest absolute Gasteiger partial charge is 0.182 e.